The number of pyridine rings is 1. The molecule has 1 aliphatic heterocycles. The fourth-order valence-corrected chi connectivity index (χ4v) is 4.13. The SMILES string of the molecule is CS(=O)(=O)c1cc(Cl)cnc1C1CCCN(C(=O)c2ccn[nH]2)C1. The molecule has 0 saturated carbocycles. The average molecular weight is 369 g/mol. The number of hydrogen-bond acceptors (Lipinski definition) is 5. The van der Waals surface area contributed by atoms with E-state index >= 15 is 0 Å². The zero-order chi connectivity index (χ0) is 17.3. The molecule has 2 aromatic heterocycles. The number of aromatic nitrogens is 3. The van der Waals surface area contributed by atoms with Gasteiger partial charge in [-0.3, -0.25) is 14.9 Å². The van der Waals surface area contributed by atoms with Crippen molar-refractivity contribution >= 4 is 27.3 Å². The summed E-state index contributed by atoms with van der Waals surface area (Å²) in [5, 5.41) is 6.73. The van der Waals surface area contributed by atoms with E-state index in [2.05, 4.69) is 15.2 Å². The molecule has 0 spiro atoms. The highest BCUT2D eigenvalue weighted by Crippen LogP contribution is 2.31. The summed E-state index contributed by atoms with van der Waals surface area (Å²) in [7, 11) is -3.45. The lowest BCUT2D eigenvalue weighted by Gasteiger charge is -2.32. The number of rotatable bonds is 3. The third-order valence-electron chi connectivity index (χ3n) is 4.07. The molecule has 1 fully saturated rings. The quantitative estimate of drug-likeness (QED) is 0.892. The molecule has 1 amide bonds. The zero-order valence-corrected chi connectivity index (χ0v) is 14.6. The molecule has 3 heterocycles. The summed E-state index contributed by atoms with van der Waals surface area (Å²) < 4.78 is 24.1. The number of amides is 1. The Bertz CT molecular complexity index is 852. The summed E-state index contributed by atoms with van der Waals surface area (Å²) in [4.78, 5) is 18.6. The summed E-state index contributed by atoms with van der Waals surface area (Å²) in [5.41, 5.74) is 0.895. The second-order valence-electron chi connectivity index (χ2n) is 5.87. The first-order valence-electron chi connectivity index (χ1n) is 7.50. The number of hydrogen-bond donors (Lipinski definition) is 1. The van der Waals surface area contributed by atoms with Crippen molar-refractivity contribution in [1.82, 2.24) is 20.1 Å². The third kappa shape index (κ3) is 3.44. The Kier molecular flexibility index (Phi) is 4.60. The molecular formula is C15H17ClN4O3S. The fourth-order valence-electron chi connectivity index (χ4n) is 2.96. The molecule has 1 saturated heterocycles. The molecule has 7 nitrogen and oxygen atoms in total. The van der Waals surface area contributed by atoms with Crippen LogP contribution in [0.15, 0.2) is 29.4 Å². The van der Waals surface area contributed by atoms with E-state index in [0.717, 1.165) is 19.1 Å². The van der Waals surface area contributed by atoms with E-state index in [0.29, 0.717) is 24.5 Å². The maximum atomic E-state index is 12.5. The summed E-state index contributed by atoms with van der Waals surface area (Å²) >= 11 is 5.91. The molecular weight excluding hydrogens is 352 g/mol. The van der Waals surface area contributed by atoms with Gasteiger partial charge in [-0.15, -0.1) is 0 Å². The van der Waals surface area contributed by atoms with Crippen molar-refractivity contribution in [2.45, 2.75) is 23.7 Å². The molecule has 1 N–H and O–H groups in total. The molecule has 1 unspecified atom stereocenters. The number of piperidine rings is 1. The first kappa shape index (κ1) is 16.9. The van der Waals surface area contributed by atoms with E-state index in [1.165, 1.54) is 18.5 Å². The standard InChI is InChI=1S/C15H17ClN4O3S/c1-24(22,23)13-7-11(16)8-17-14(13)10-3-2-6-20(9-10)15(21)12-4-5-18-19-12/h4-5,7-8,10H,2-3,6,9H2,1H3,(H,18,19). The zero-order valence-electron chi connectivity index (χ0n) is 13.1. The predicted octanol–water partition coefficient (Wildman–Crippen LogP) is 1.88. The third-order valence-corrected chi connectivity index (χ3v) is 5.41. The second kappa shape index (κ2) is 6.52. The van der Waals surface area contributed by atoms with Crippen molar-refractivity contribution in [2.75, 3.05) is 19.3 Å². The molecule has 0 radical (unpaired) electrons. The number of likely N-dealkylation sites (tertiary alicyclic amines) is 1. The van der Waals surface area contributed by atoms with Crippen LogP contribution in [0.3, 0.4) is 0 Å². The number of H-pyrrole nitrogens is 1. The average Bonchev–Trinajstić information content (AvgIpc) is 3.08. The van der Waals surface area contributed by atoms with Crippen LogP contribution in [-0.4, -0.2) is 53.8 Å². The number of halogens is 1. The van der Waals surface area contributed by atoms with Gasteiger partial charge in [0, 0.05) is 37.7 Å². The van der Waals surface area contributed by atoms with Crippen molar-refractivity contribution in [2.24, 2.45) is 0 Å². The Morgan fingerprint density at radius 1 is 1.46 bits per heavy atom. The molecule has 0 aromatic carbocycles. The summed E-state index contributed by atoms with van der Waals surface area (Å²) in [6, 6.07) is 3.04. The molecule has 24 heavy (non-hydrogen) atoms. The van der Waals surface area contributed by atoms with Gasteiger partial charge in [0.15, 0.2) is 9.84 Å². The monoisotopic (exact) mass is 368 g/mol. The van der Waals surface area contributed by atoms with E-state index in [1.54, 1.807) is 11.0 Å². The molecule has 0 bridgehead atoms. The van der Waals surface area contributed by atoms with Crippen LogP contribution in [0, 0.1) is 0 Å². The van der Waals surface area contributed by atoms with Crippen molar-refractivity contribution in [1.29, 1.82) is 0 Å². The van der Waals surface area contributed by atoms with E-state index in [-0.39, 0.29) is 21.7 Å². The number of nitrogens with one attached hydrogen (secondary N) is 1. The maximum absolute atomic E-state index is 12.5. The fraction of sp³-hybridized carbons (Fsp3) is 0.400. The van der Waals surface area contributed by atoms with Crippen molar-refractivity contribution in [3.05, 3.63) is 40.9 Å². The van der Waals surface area contributed by atoms with Crippen molar-refractivity contribution < 1.29 is 13.2 Å². The van der Waals surface area contributed by atoms with Gasteiger partial charge in [0.05, 0.1) is 15.6 Å². The Balaban J connectivity index is 1.89. The number of nitrogens with zero attached hydrogens (tertiary/aromatic N) is 3. The van der Waals surface area contributed by atoms with Crippen LogP contribution >= 0.6 is 11.6 Å². The van der Waals surface area contributed by atoms with Gasteiger partial charge in [-0.05, 0) is 25.0 Å². The number of aromatic amines is 1. The molecule has 9 heteroatoms. The second-order valence-corrected chi connectivity index (χ2v) is 8.29. The molecule has 3 rings (SSSR count). The van der Waals surface area contributed by atoms with E-state index in [1.807, 2.05) is 0 Å². The van der Waals surface area contributed by atoms with Crippen molar-refractivity contribution in [3.63, 3.8) is 0 Å². The maximum Gasteiger partial charge on any atom is 0.271 e. The Morgan fingerprint density at radius 2 is 2.25 bits per heavy atom. The van der Waals surface area contributed by atoms with Gasteiger partial charge in [-0.25, -0.2) is 8.42 Å². The van der Waals surface area contributed by atoms with Gasteiger partial charge in [-0.2, -0.15) is 5.10 Å². The first-order valence-corrected chi connectivity index (χ1v) is 9.77. The highest BCUT2D eigenvalue weighted by molar-refractivity contribution is 7.90. The molecule has 2 aromatic rings. The van der Waals surface area contributed by atoms with Crippen LogP contribution in [0.4, 0.5) is 0 Å². The molecule has 1 atom stereocenters. The summed E-state index contributed by atoms with van der Waals surface area (Å²) in [6.07, 6.45) is 5.65. The minimum absolute atomic E-state index is 0.135. The molecule has 1 aliphatic rings. The van der Waals surface area contributed by atoms with Gasteiger partial charge in [0.1, 0.15) is 5.69 Å². The first-order chi connectivity index (χ1) is 11.4. The van der Waals surface area contributed by atoms with E-state index < -0.39 is 9.84 Å². The Morgan fingerprint density at radius 3 is 2.92 bits per heavy atom. The smallest absolute Gasteiger partial charge is 0.271 e. The minimum Gasteiger partial charge on any atom is -0.337 e. The lowest BCUT2D eigenvalue weighted by molar-refractivity contribution is 0.0699. The van der Waals surface area contributed by atoms with Gasteiger partial charge < -0.3 is 4.90 Å². The van der Waals surface area contributed by atoms with Crippen LogP contribution in [-0.2, 0) is 9.84 Å². The Labute approximate surface area is 145 Å². The molecule has 0 aliphatic carbocycles. The highest BCUT2D eigenvalue weighted by Gasteiger charge is 2.30. The van der Waals surface area contributed by atoms with Crippen LogP contribution in [0.25, 0.3) is 0 Å². The lowest BCUT2D eigenvalue weighted by atomic mass is 9.94. The lowest BCUT2D eigenvalue weighted by Crippen LogP contribution is -2.39. The Hall–Kier alpha value is -1.93. The summed E-state index contributed by atoms with van der Waals surface area (Å²) in [5.74, 6) is -0.292. The largest absolute Gasteiger partial charge is 0.337 e. The normalized spacial score (nSPS) is 18.6. The van der Waals surface area contributed by atoms with Crippen LogP contribution < -0.4 is 0 Å². The van der Waals surface area contributed by atoms with Gasteiger partial charge >= 0.3 is 0 Å². The van der Waals surface area contributed by atoms with E-state index in [9.17, 15) is 13.2 Å². The predicted molar refractivity (Wildman–Crippen MR) is 88.8 cm³/mol. The number of sulfone groups is 1. The van der Waals surface area contributed by atoms with Gasteiger partial charge in [0.25, 0.3) is 5.91 Å². The van der Waals surface area contributed by atoms with Gasteiger partial charge in [-0.1, -0.05) is 11.6 Å². The molecule has 128 valence electrons. The summed E-state index contributed by atoms with van der Waals surface area (Å²) in [6.45, 7) is 1.03. The highest BCUT2D eigenvalue weighted by atomic mass is 35.5. The van der Waals surface area contributed by atoms with Crippen LogP contribution in [0.2, 0.25) is 5.02 Å². The van der Waals surface area contributed by atoms with Crippen LogP contribution in [0.1, 0.15) is 34.9 Å². The van der Waals surface area contributed by atoms with Crippen LogP contribution in [0.5, 0.6) is 0 Å². The number of carbonyl (C=O) groups excluding carboxylic acids is 1. The number of carbonyl (C=O) groups is 1. The minimum atomic E-state index is -3.45. The van der Waals surface area contributed by atoms with Gasteiger partial charge in [0.2, 0.25) is 0 Å². The van der Waals surface area contributed by atoms with E-state index in [4.69, 9.17) is 11.6 Å². The van der Waals surface area contributed by atoms with Crippen molar-refractivity contribution in [3.8, 4) is 0 Å². The topological polar surface area (TPSA) is 96.0 Å².